The number of carbonyl (C=O) groups excluding carboxylic acids is 2. The van der Waals surface area contributed by atoms with E-state index in [-0.39, 0.29) is 11.8 Å². The zero-order chi connectivity index (χ0) is 26.9. The van der Waals surface area contributed by atoms with Crippen molar-refractivity contribution >= 4 is 63.1 Å². The summed E-state index contributed by atoms with van der Waals surface area (Å²) >= 11 is 0. The van der Waals surface area contributed by atoms with Crippen LogP contribution in [0, 0.1) is 0 Å². The number of nitrogens with zero attached hydrogens (tertiary/aromatic N) is 7. The van der Waals surface area contributed by atoms with E-state index in [1.807, 2.05) is 69.6 Å². The maximum atomic E-state index is 12.1. The number of nitrogens with one attached hydrogen (secondary N) is 3. The molecule has 3 N–H and O–H groups in total. The molecule has 0 atom stereocenters. The molecule has 1 aliphatic rings. The van der Waals surface area contributed by atoms with Crippen molar-refractivity contribution in [3.63, 3.8) is 0 Å². The molecular formula is C27H28N10O2. The van der Waals surface area contributed by atoms with Crippen LogP contribution in [-0.2, 0) is 23.2 Å². The van der Waals surface area contributed by atoms with Gasteiger partial charge in [0.15, 0.2) is 17.0 Å². The van der Waals surface area contributed by atoms with Gasteiger partial charge >= 0.3 is 0 Å². The number of para-hydroxylation sites is 2. The van der Waals surface area contributed by atoms with E-state index in [2.05, 4.69) is 20.9 Å². The molecule has 0 unspecified atom stereocenters. The maximum Gasteiger partial charge on any atom is 0.233 e. The summed E-state index contributed by atoms with van der Waals surface area (Å²) in [7, 11) is 1.93. The number of imidazole rings is 2. The lowest BCUT2D eigenvalue weighted by Gasteiger charge is -2.16. The fourth-order valence-corrected chi connectivity index (χ4v) is 4.75. The first kappa shape index (κ1) is 24.3. The summed E-state index contributed by atoms with van der Waals surface area (Å²) in [6, 6.07) is 15.2. The van der Waals surface area contributed by atoms with Crippen LogP contribution in [0.1, 0.15) is 19.8 Å². The predicted octanol–water partition coefficient (Wildman–Crippen LogP) is 3.78. The van der Waals surface area contributed by atoms with Crippen LogP contribution in [-0.4, -0.2) is 58.9 Å². The molecule has 6 rings (SSSR count). The standard InChI is InChI=1S/C27H28N10O2/c1-17(38)29-18-9-11-19(12-10-18)30-24-23-25(37(16-28-23)15-14-36-13-5-8-22(36)39)33-26(32-24)34-27-31-20-6-3-4-7-21(20)35(27)2/h3-4,6-7,9-12,16H,5,8,13-15H2,1-2H3,(H,29,38)(H2,30,31,32,33,34). The van der Waals surface area contributed by atoms with Crippen LogP contribution < -0.4 is 16.0 Å². The lowest BCUT2D eigenvalue weighted by Crippen LogP contribution is -2.28. The third-order valence-electron chi connectivity index (χ3n) is 6.72. The van der Waals surface area contributed by atoms with Crippen LogP contribution in [0.4, 0.5) is 29.1 Å². The Morgan fingerprint density at radius 2 is 1.77 bits per heavy atom. The van der Waals surface area contributed by atoms with E-state index in [4.69, 9.17) is 15.0 Å². The molecule has 0 bridgehead atoms. The summed E-state index contributed by atoms with van der Waals surface area (Å²) in [6.45, 7) is 3.41. The molecule has 4 heterocycles. The number of anilines is 5. The molecule has 0 aliphatic carbocycles. The first-order chi connectivity index (χ1) is 18.9. The Balaban J connectivity index is 1.35. The summed E-state index contributed by atoms with van der Waals surface area (Å²) in [4.78, 5) is 44.2. The van der Waals surface area contributed by atoms with Gasteiger partial charge in [0.05, 0.1) is 17.4 Å². The maximum absolute atomic E-state index is 12.1. The lowest BCUT2D eigenvalue weighted by molar-refractivity contribution is -0.127. The van der Waals surface area contributed by atoms with E-state index in [0.717, 1.165) is 29.7 Å². The van der Waals surface area contributed by atoms with Crippen molar-refractivity contribution < 1.29 is 9.59 Å². The fraction of sp³-hybridized carbons (Fsp3) is 0.259. The molecule has 1 aliphatic heterocycles. The Hall–Kier alpha value is -5.00. The van der Waals surface area contributed by atoms with Crippen molar-refractivity contribution in [2.75, 3.05) is 29.0 Å². The van der Waals surface area contributed by atoms with Gasteiger partial charge in [-0.2, -0.15) is 9.97 Å². The van der Waals surface area contributed by atoms with Crippen LogP contribution >= 0.6 is 0 Å². The summed E-state index contributed by atoms with van der Waals surface area (Å²) in [6.07, 6.45) is 3.23. The minimum atomic E-state index is -0.132. The Morgan fingerprint density at radius 1 is 0.974 bits per heavy atom. The van der Waals surface area contributed by atoms with Crippen molar-refractivity contribution in [1.29, 1.82) is 0 Å². The second-order valence-corrected chi connectivity index (χ2v) is 9.48. The van der Waals surface area contributed by atoms with Gasteiger partial charge in [0.1, 0.15) is 0 Å². The number of likely N-dealkylation sites (tertiary alicyclic amines) is 1. The summed E-state index contributed by atoms with van der Waals surface area (Å²) in [5.74, 6) is 1.53. The molecule has 0 spiro atoms. The lowest BCUT2D eigenvalue weighted by atomic mass is 10.2. The Bertz CT molecular complexity index is 1690. The molecule has 0 radical (unpaired) electrons. The normalized spacial score (nSPS) is 13.4. The third-order valence-corrected chi connectivity index (χ3v) is 6.72. The van der Waals surface area contributed by atoms with E-state index < -0.39 is 0 Å². The molecule has 0 saturated carbocycles. The van der Waals surface area contributed by atoms with Gasteiger partial charge in [0.25, 0.3) is 0 Å². The van der Waals surface area contributed by atoms with Gasteiger partial charge in [-0.1, -0.05) is 12.1 Å². The minimum absolute atomic E-state index is 0.132. The molecule has 1 saturated heterocycles. The number of aromatic nitrogens is 6. The highest BCUT2D eigenvalue weighted by Gasteiger charge is 2.21. The number of aryl methyl sites for hydroxylation is 1. The van der Waals surface area contributed by atoms with E-state index in [0.29, 0.717) is 54.1 Å². The molecule has 12 nitrogen and oxygen atoms in total. The first-order valence-corrected chi connectivity index (χ1v) is 12.8. The quantitative estimate of drug-likeness (QED) is 0.279. The zero-order valence-electron chi connectivity index (χ0n) is 21.7. The number of rotatable bonds is 8. The molecule has 3 aromatic heterocycles. The van der Waals surface area contributed by atoms with Gasteiger partial charge in [-0.25, -0.2) is 9.97 Å². The molecule has 12 heteroatoms. The van der Waals surface area contributed by atoms with E-state index >= 15 is 0 Å². The predicted molar refractivity (Wildman–Crippen MR) is 149 cm³/mol. The molecule has 198 valence electrons. The van der Waals surface area contributed by atoms with Crippen LogP contribution in [0.25, 0.3) is 22.2 Å². The van der Waals surface area contributed by atoms with Crippen LogP contribution in [0.3, 0.4) is 0 Å². The highest BCUT2D eigenvalue weighted by Crippen LogP contribution is 2.27. The number of benzene rings is 2. The van der Waals surface area contributed by atoms with Gasteiger partial charge in [0.2, 0.25) is 23.7 Å². The van der Waals surface area contributed by atoms with Crippen molar-refractivity contribution in [2.24, 2.45) is 7.05 Å². The van der Waals surface area contributed by atoms with E-state index in [1.165, 1.54) is 6.92 Å². The largest absolute Gasteiger partial charge is 0.341 e. The molecule has 2 aromatic carbocycles. The smallest absolute Gasteiger partial charge is 0.233 e. The average Bonchev–Trinajstić information content (AvgIpc) is 3.61. The topological polar surface area (TPSA) is 135 Å². The fourth-order valence-electron chi connectivity index (χ4n) is 4.75. The SMILES string of the molecule is CC(=O)Nc1ccc(Nc2nc(Nc3nc4ccccc4n3C)nc3c2ncn3CCN2CCCC2=O)cc1. The molecule has 5 aromatic rings. The number of fused-ring (bicyclic) bond motifs is 2. The highest BCUT2D eigenvalue weighted by atomic mass is 16.2. The second-order valence-electron chi connectivity index (χ2n) is 9.48. The van der Waals surface area contributed by atoms with Crippen molar-refractivity contribution in [2.45, 2.75) is 26.3 Å². The summed E-state index contributed by atoms with van der Waals surface area (Å²) in [5, 5.41) is 9.38. The Labute approximate surface area is 224 Å². The van der Waals surface area contributed by atoms with Gasteiger partial charge < -0.3 is 24.7 Å². The third kappa shape index (κ3) is 4.96. The van der Waals surface area contributed by atoms with Crippen LogP contribution in [0.2, 0.25) is 0 Å². The van der Waals surface area contributed by atoms with E-state index in [9.17, 15) is 9.59 Å². The number of hydrogen-bond acceptors (Lipinski definition) is 8. The van der Waals surface area contributed by atoms with Gasteiger partial charge in [0, 0.05) is 51.4 Å². The second kappa shape index (κ2) is 10.0. The van der Waals surface area contributed by atoms with E-state index in [1.54, 1.807) is 6.33 Å². The zero-order valence-corrected chi connectivity index (χ0v) is 21.7. The Kier molecular flexibility index (Phi) is 6.27. The van der Waals surface area contributed by atoms with Gasteiger partial charge in [-0.3, -0.25) is 14.9 Å². The molecule has 1 fully saturated rings. The average molecular weight is 525 g/mol. The molecule has 39 heavy (non-hydrogen) atoms. The number of amides is 2. The van der Waals surface area contributed by atoms with Crippen molar-refractivity contribution in [3.8, 4) is 0 Å². The summed E-state index contributed by atoms with van der Waals surface area (Å²) in [5.41, 5.74) is 4.56. The van der Waals surface area contributed by atoms with Crippen LogP contribution in [0.5, 0.6) is 0 Å². The van der Waals surface area contributed by atoms with Gasteiger partial charge in [-0.05, 0) is 42.8 Å². The Morgan fingerprint density at radius 3 is 2.51 bits per heavy atom. The summed E-state index contributed by atoms with van der Waals surface area (Å²) < 4.78 is 3.89. The number of hydrogen-bond donors (Lipinski definition) is 3. The monoisotopic (exact) mass is 524 g/mol. The minimum Gasteiger partial charge on any atom is -0.341 e. The number of carbonyl (C=O) groups is 2. The molecule has 2 amide bonds. The van der Waals surface area contributed by atoms with Gasteiger partial charge in [-0.15, -0.1) is 0 Å². The van der Waals surface area contributed by atoms with Crippen molar-refractivity contribution in [3.05, 3.63) is 54.9 Å². The molecular weight excluding hydrogens is 496 g/mol. The first-order valence-electron chi connectivity index (χ1n) is 12.8. The highest BCUT2D eigenvalue weighted by molar-refractivity contribution is 5.90. The van der Waals surface area contributed by atoms with Crippen molar-refractivity contribution in [1.82, 2.24) is 34.0 Å². The van der Waals surface area contributed by atoms with Crippen LogP contribution in [0.15, 0.2) is 54.9 Å².